The molecule has 0 bridgehead atoms. The maximum atomic E-state index is 12.6. The van der Waals surface area contributed by atoms with Gasteiger partial charge in [-0.1, -0.05) is 25.1 Å². The maximum Gasteiger partial charge on any atom is 0.338 e. The van der Waals surface area contributed by atoms with Crippen LogP contribution in [-0.4, -0.2) is 52.2 Å². The van der Waals surface area contributed by atoms with Crippen LogP contribution in [0.25, 0.3) is 0 Å². The zero-order valence-corrected chi connectivity index (χ0v) is 16.2. The molecule has 1 fully saturated rings. The molecule has 0 radical (unpaired) electrons. The van der Waals surface area contributed by atoms with Crippen molar-refractivity contribution in [3.63, 3.8) is 0 Å². The second-order valence-electron chi connectivity index (χ2n) is 6.80. The van der Waals surface area contributed by atoms with Crippen LogP contribution in [0.3, 0.4) is 0 Å². The highest BCUT2D eigenvalue weighted by molar-refractivity contribution is 5.89. The van der Waals surface area contributed by atoms with Gasteiger partial charge < -0.3 is 19.3 Å². The summed E-state index contributed by atoms with van der Waals surface area (Å²) >= 11 is 0. The Labute approximate surface area is 166 Å². The van der Waals surface area contributed by atoms with Gasteiger partial charge in [0.1, 0.15) is 12.2 Å². The number of aromatic amines is 1. The Balaban J connectivity index is 1.94. The van der Waals surface area contributed by atoms with Crippen LogP contribution >= 0.6 is 0 Å². The van der Waals surface area contributed by atoms with Gasteiger partial charge in [-0.2, -0.15) is 0 Å². The van der Waals surface area contributed by atoms with Gasteiger partial charge in [-0.25, -0.2) is 9.59 Å². The van der Waals surface area contributed by atoms with Gasteiger partial charge in [0.15, 0.2) is 12.3 Å². The van der Waals surface area contributed by atoms with Gasteiger partial charge in [0.05, 0.1) is 12.2 Å². The van der Waals surface area contributed by atoms with Crippen molar-refractivity contribution in [2.75, 3.05) is 13.2 Å². The monoisotopic (exact) mass is 404 g/mol. The summed E-state index contributed by atoms with van der Waals surface area (Å²) in [5.41, 5.74) is -0.518. The molecule has 0 amide bonds. The van der Waals surface area contributed by atoms with Crippen molar-refractivity contribution in [2.45, 2.75) is 44.8 Å². The summed E-state index contributed by atoms with van der Waals surface area (Å²) in [5, 5.41) is 9.78. The molecule has 4 atom stereocenters. The van der Waals surface area contributed by atoms with Crippen molar-refractivity contribution in [3.8, 4) is 0 Å². The van der Waals surface area contributed by atoms with Crippen LogP contribution < -0.4 is 11.2 Å². The minimum absolute atomic E-state index is 0.313. The van der Waals surface area contributed by atoms with Gasteiger partial charge in [0.25, 0.3) is 5.56 Å². The predicted octanol–water partition coefficient (Wildman–Crippen LogP) is 0.756. The third-order valence-corrected chi connectivity index (χ3v) is 4.65. The number of esters is 1. The molecule has 2 aromatic rings. The summed E-state index contributed by atoms with van der Waals surface area (Å²) in [5.74, 6) is -0.589. The van der Waals surface area contributed by atoms with E-state index in [2.05, 4.69) is 4.98 Å². The van der Waals surface area contributed by atoms with Gasteiger partial charge in [0.2, 0.25) is 0 Å². The standard InChI is InChI=1S/C20H24N2O7/c1-3-9-27-16-15(29-19(25)13-7-5-4-6-8-13)14(11-23)28-18(16)22-10-12(2)17(24)21-20(22)26/h4-8,10,14-16,18,23H,3,9,11H2,1-2H3,(H,21,24,26)/t14-,15-,16-,18-/m1/s1. The molecule has 1 saturated heterocycles. The van der Waals surface area contributed by atoms with E-state index in [1.54, 1.807) is 37.3 Å². The number of nitrogens with one attached hydrogen (secondary N) is 1. The van der Waals surface area contributed by atoms with Gasteiger partial charge in [-0.3, -0.25) is 14.3 Å². The Bertz CT molecular complexity index is 953. The molecule has 1 aromatic carbocycles. The Kier molecular flexibility index (Phi) is 6.63. The van der Waals surface area contributed by atoms with Gasteiger partial charge in [-0.05, 0) is 25.5 Å². The number of H-pyrrole nitrogens is 1. The molecule has 3 rings (SSSR count). The number of benzene rings is 1. The first-order valence-electron chi connectivity index (χ1n) is 9.42. The summed E-state index contributed by atoms with van der Waals surface area (Å²) in [6.45, 7) is 3.36. The molecule has 2 heterocycles. The van der Waals surface area contributed by atoms with Gasteiger partial charge >= 0.3 is 11.7 Å². The molecule has 1 aromatic heterocycles. The van der Waals surface area contributed by atoms with Crippen molar-refractivity contribution < 1.29 is 24.1 Å². The number of aliphatic hydroxyl groups is 1. The lowest BCUT2D eigenvalue weighted by atomic mass is 10.1. The van der Waals surface area contributed by atoms with E-state index in [-0.39, 0.29) is 0 Å². The fraction of sp³-hybridized carbons (Fsp3) is 0.450. The Morgan fingerprint density at radius 1 is 1.24 bits per heavy atom. The van der Waals surface area contributed by atoms with E-state index in [4.69, 9.17) is 14.2 Å². The summed E-state index contributed by atoms with van der Waals surface area (Å²) in [6.07, 6.45) is -1.61. The van der Waals surface area contributed by atoms with Crippen molar-refractivity contribution in [2.24, 2.45) is 0 Å². The lowest BCUT2D eigenvalue weighted by molar-refractivity contribution is -0.0751. The molecule has 9 nitrogen and oxygen atoms in total. The van der Waals surface area contributed by atoms with Crippen molar-refractivity contribution in [3.05, 3.63) is 68.5 Å². The largest absolute Gasteiger partial charge is 0.453 e. The second kappa shape index (κ2) is 9.17. The zero-order chi connectivity index (χ0) is 21.0. The molecular weight excluding hydrogens is 380 g/mol. The van der Waals surface area contributed by atoms with Crippen LogP contribution in [0.2, 0.25) is 0 Å². The third kappa shape index (κ3) is 4.47. The molecule has 1 aliphatic heterocycles. The van der Waals surface area contributed by atoms with E-state index in [0.717, 1.165) is 0 Å². The molecule has 0 aliphatic carbocycles. The molecule has 29 heavy (non-hydrogen) atoms. The van der Waals surface area contributed by atoms with Crippen LogP contribution in [0.5, 0.6) is 0 Å². The Morgan fingerprint density at radius 3 is 2.62 bits per heavy atom. The highest BCUT2D eigenvalue weighted by Crippen LogP contribution is 2.33. The number of carbonyl (C=O) groups excluding carboxylic acids is 1. The fourth-order valence-electron chi connectivity index (χ4n) is 3.19. The minimum atomic E-state index is -0.977. The number of ether oxygens (including phenoxy) is 3. The average Bonchev–Trinajstić information content (AvgIpc) is 3.06. The molecule has 2 N–H and O–H groups in total. The normalized spacial score (nSPS) is 23.8. The van der Waals surface area contributed by atoms with Crippen molar-refractivity contribution in [1.82, 2.24) is 9.55 Å². The summed E-state index contributed by atoms with van der Waals surface area (Å²) < 4.78 is 18.5. The van der Waals surface area contributed by atoms with Gasteiger partial charge in [-0.15, -0.1) is 0 Å². The van der Waals surface area contributed by atoms with Gasteiger partial charge in [0, 0.05) is 18.4 Å². The maximum absolute atomic E-state index is 12.6. The zero-order valence-electron chi connectivity index (χ0n) is 16.2. The Morgan fingerprint density at radius 2 is 1.97 bits per heavy atom. The van der Waals surface area contributed by atoms with Crippen LogP contribution in [0.4, 0.5) is 0 Å². The lowest BCUT2D eigenvalue weighted by Gasteiger charge is -2.25. The fourth-order valence-corrected chi connectivity index (χ4v) is 3.19. The molecule has 0 spiro atoms. The number of nitrogens with zero attached hydrogens (tertiary/aromatic N) is 1. The molecular formula is C20H24N2O7. The van der Waals surface area contributed by atoms with Crippen molar-refractivity contribution in [1.29, 1.82) is 0 Å². The number of rotatable bonds is 7. The van der Waals surface area contributed by atoms with Crippen molar-refractivity contribution >= 4 is 5.97 Å². The summed E-state index contributed by atoms with van der Waals surface area (Å²) in [6, 6.07) is 8.42. The van der Waals surface area contributed by atoms with E-state index in [9.17, 15) is 19.5 Å². The summed E-state index contributed by atoms with van der Waals surface area (Å²) in [7, 11) is 0. The first kappa shape index (κ1) is 21.0. The number of aliphatic hydroxyl groups excluding tert-OH is 1. The third-order valence-electron chi connectivity index (χ3n) is 4.65. The SMILES string of the molecule is CCCO[C@@H]1[C@H](OC(=O)c2ccccc2)[C@@H](CO)O[C@H]1n1cc(C)c(=O)[nH]c1=O. The highest BCUT2D eigenvalue weighted by atomic mass is 16.6. The number of aromatic nitrogens is 2. The van der Waals surface area contributed by atoms with E-state index >= 15 is 0 Å². The number of aryl methyl sites for hydroxylation is 1. The van der Waals surface area contributed by atoms with E-state index < -0.39 is 48.4 Å². The number of hydrogen-bond donors (Lipinski definition) is 2. The van der Waals surface area contributed by atoms with E-state index in [1.807, 2.05) is 6.92 Å². The topological polar surface area (TPSA) is 120 Å². The molecule has 0 saturated carbocycles. The first-order valence-corrected chi connectivity index (χ1v) is 9.42. The van der Waals surface area contributed by atoms with E-state index in [0.29, 0.717) is 24.2 Å². The van der Waals surface area contributed by atoms with Crippen LogP contribution in [0.15, 0.2) is 46.1 Å². The molecule has 156 valence electrons. The highest BCUT2D eigenvalue weighted by Gasteiger charge is 2.49. The number of carbonyl (C=O) groups is 1. The predicted molar refractivity (Wildman–Crippen MR) is 103 cm³/mol. The average molecular weight is 404 g/mol. The molecule has 0 unspecified atom stereocenters. The van der Waals surface area contributed by atoms with Crippen LogP contribution in [0, 0.1) is 6.92 Å². The van der Waals surface area contributed by atoms with Crippen LogP contribution in [-0.2, 0) is 14.2 Å². The summed E-state index contributed by atoms with van der Waals surface area (Å²) in [4.78, 5) is 38.8. The van der Waals surface area contributed by atoms with Crippen LogP contribution in [0.1, 0.15) is 35.5 Å². The second-order valence-corrected chi connectivity index (χ2v) is 6.80. The quantitative estimate of drug-likeness (QED) is 0.654. The number of hydrogen-bond acceptors (Lipinski definition) is 7. The lowest BCUT2D eigenvalue weighted by Crippen LogP contribution is -2.42. The van der Waals surface area contributed by atoms with E-state index in [1.165, 1.54) is 10.8 Å². The Hall–Kier alpha value is -2.75. The molecule has 9 heteroatoms. The minimum Gasteiger partial charge on any atom is -0.453 e. The molecule has 1 aliphatic rings. The first-order chi connectivity index (χ1) is 14.0. The smallest absolute Gasteiger partial charge is 0.338 e.